The molecule has 1 aromatic heterocycles. The van der Waals surface area contributed by atoms with Crippen LogP contribution in [0.2, 0.25) is 0 Å². The minimum atomic E-state index is -0.775. The number of hydrogen-bond acceptors (Lipinski definition) is 6. The first-order valence-electron chi connectivity index (χ1n) is 10.5. The maximum absolute atomic E-state index is 13.3. The molecule has 0 saturated carbocycles. The van der Waals surface area contributed by atoms with Crippen LogP contribution in [0.1, 0.15) is 51.4 Å². The Hall–Kier alpha value is -3.00. The number of halogens is 1. The number of benzene rings is 2. The first-order chi connectivity index (χ1) is 15.3. The predicted octanol–water partition coefficient (Wildman–Crippen LogP) is 4.89. The quantitative estimate of drug-likeness (QED) is 0.325. The molecule has 0 aliphatic rings. The van der Waals surface area contributed by atoms with Crippen LogP contribution >= 0.6 is 15.9 Å². The summed E-state index contributed by atoms with van der Waals surface area (Å²) in [6.45, 7) is 7.70. The Bertz CT molecular complexity index is 1210. The van der Waals surface area contributed by atoms with Crippen molar-refractivity contribution in [2.45, 2.75) is 46.1 Å². The van der Waals surface area contributed by atoms with Crippen molar-refractivity contribution in [2.24, 2.45) is 5.10 Å². The molecule has 0 fully saturated rings. The van der Waals surface area contributed by atoms with Crippen molar-refractivity contribution in [3.63, 3.8) is 0 Å². The Labute approximate surface area is 195 Å². The summed E-state index contributed by atoms with van der Waals surface area (Å²) in [5.41, 5.74) is 1.01. The molecule has 0 unspecified atom stereocenters. The molecular formula is C24H26BrN3O4. The fourth-order valence-electron chi connectivity index (χ4n) is 3.09. The zero-order chi connectivity index (χ0) is 23.3. The molecule has 3 aromatic rings. The van der Waals surface area contributed by atoms with E-state index in [1.54, 1.807) is 44.3 Å². The minimum absolute atomic E-state index is 0.0308. The van der Waals surface area contributed by atoms with Crippen molar-refractivity contribution in [3.05, 3.63) is 68.7 Å². The molecule has 168 valence electrons. The van der Waals surface area contributed by atoms with E-state index >= 15 is 0 Å². The number of carbonyl (C=O) groups is 1. The highest BCUT2D eigenvalue weighted by atomic mass is 79.9. The van der Waals surface area contributed by atoms with Crippen molar-refractivity contribution in [1.82, 2.24) is 9.66 Å². The molecule has 2 atom stereocenters. The molecule has 1 heterocycles. The van der Waals surface area contributed by atoms with E-state index in [1.165, 1.54) is 4.68 Å². The van der Waals surface area contributed by atoms with Gasteiger partial charge in [-0.2, -0.15) is 9.78 Å². The molecule has 0 N–H and O–H groups in total. The van der Waals surface area contributed by atoms with Gasteiger partial charge in [-0.25, -0.2) is 9.78 Å². The highest BCUT2D eigenvalue weighted by molar-refractivity contribution is 9.10. The third-order valence-electron chi connectivity index (χ3n) is 5.04. The molecule has 32 heavy (non-hydrogen) atoms. The average molecular weight is 500 g/mol. The lowest BCUT2D eigenvalue weighted by Gasteiger charge is -2.16. The van der Waals surface area contributed by atoms with Gasteiger partial charge in [0.1, 0.15) is 11.6 Å². The second-order valence-corrected chi connectivity index (χ2v) is 8.27. The summed E-state index contributed by atoms with van der Waals surface area (Å²) >= 11 is 3.41. The summed E-state index contributed by atoms with van der Waals surface area (Å²) in [7, 11) is 0. The Morgan fingerprint density at radius 3 is 2.69 bits per heavy atom. The third-order valence-corrected chi connectivity index (χ3v) is 5.53. The van der Waals surface area contributed by atoms with Gasteiger partial charge in [-0.05, 0) is 50.6 Å². The Morgan fingerprint density at radius 1 is 1.22 bits per heavy atom. The number of ether oxygens (including phenoxy) is 2. The molecule has 0 radical (unpaired) electrons. The van der Waals surface area contributed by atoms with Gasteiger partial charge in [-0.15, -0.1) is 0 Å². The van der Waals surface area contributed by atoms with Gasteiger partial charge in [0, 0.05) is 16.0 Å². The average Bonchev–Trinajstić information content (AvgIpc) is 2.79. The summed E-state index contributed by atoms with van der Waals surface area (Å²) < 4.78 is 12.9. The summed E-state index contributed by atoms with van der Waals surface area (Å²) in [5.74, 6) is 0.635. The van der Waals surface area contributed by atoms with Crippen LogP contribution in [0, 0.1) is 0 Å². The smallest absolute Gasteiger partial charge is 0.347 e. The Morgan fingerprint density at radius 2 is 1.97 bits per heavy atom. The van der Waals surface area contributed by atoms with E-state index in [-0.39, 0.29) is 18.1 Å². The van der Waals surface area contributed by atoms with Gasteiger partial charge in [-0.3, -0.25) is 4.79 Å². The monoisotopic (exact) mass is 499 g/mol. The van der Waals surface area contributed by atoms with Gasteiger partial charge in [0.2, 0.25) is 0 Å². The summed E-state index contributed by atoms with van der Waals surface area (Å²) in [6.07, 6.45) is 1.58. The van der Waals surface area contributed by atoms with Crippen LogP contribution in [0.5, 0.6) is 5.75 Å². The molecule has 0 bridgehead atoms. The number of nitrogens with zero attached hydrogens (tertiary/aromatic N) is 3. The molecule has 0 spiro atoms. The van der Waals surface area contributed by atoms with E-state index in [0.717, 1.165) is 10.9 Å². The van der Waals surface area contributed by atoms with Crippen LogP contribution in [-0.4, -0.2) is 34.6 Å². The van der Waals surface area contributed by atoms with Crippen molar-refractivity contribution >= 4 is 39.0 Å². The lowest BCUT2D eigenvalue weighted by atomic mass is 10.1. The molecular weight excluding hydrogens is 474 g/mol. The third kappa shape index (κ3) is 5.24. The number of rotatable bonds is 8. The van der Waals surface area contributed by atoms with Crippen molar-refractivity contribution < 1.29 is 14.3 Å². The largest absolute Gasteiger partial charge is 0.478 e. The second kappa shape index (κ2) is 10.5. The topological polar surface area (TPSA) is 82.8 Å². The van der Waals surface area contributed by atoms with Gasteiger partial charge >= 0.3 is 5.97 Å². The van der Waals surface area contributed by atoms with Crippen LogP contribution in [0.25, 0.3) is 10.9 Å². The van der Waals surface area contributed by atoms with Gasteiger partial charge in [-0.1, -0.05) is 41.9 Å². The van der Waals surface area contributed by atoms with Crippen LogP contribution in [-0.2, 0) is 9.53 Å². The van der Waals surface area contributed by atoms with Crippen molar-refractivity contribution in [2.75, 3.05) is 6.61 Å². The van der Waals surface area contributed by atoms with Gasteiger partial charge in [0.15, 0.2) is 6.10 Å². The molecule has 0 aliphatic carbocycles. The van der Waals surface area contributed by atoms with Crippen LogP contribution in [0.4, 0.5) is 0 Å². The number of esters is 1. The molecule has 7 nitrogen and oxygen atoms in total. The lowest BCUT2D eigenvalue weighted by Crippen LogP contribution is -2.26. The van der Waals surface area contributed by atoms with E-state index in [0.29, 0.717) is 28.0 Å². The second-order valence-electron chi connectivity index (χ2n) is 7.35. The number of fused-ring (bicyclic) bond motifs is 1. The summed E-state index contributed by atoms with van der Waals surface area (Å²) in [6, 6.07) is 12.6. The Kier molecular flexibility index (Phi) is 7.80. The first-order valence-corrected chi connectivity index (χ1v) is 11.3. The standard InChI is InChI=1S/C24H26BrN3O4/c1-5-15(3)22-27-20-12-11-18(25)13-19(20)23(29)28(22)26-14-17-9-7-8-10-21(17)32-16(4)24(30)31-6-2/h7-16H,5-6H2,1-4H3/t15-,16+/m1/s1. The normalized spacial score (nSPS) is 13.3. The maximum Gasteiger partial charge on any atom is 0.347 e. The molecule has 0 saturated heterocycles. The van der Waals surface area contributed by atoms with E-state index < -0.39 is 12.1 Å². The molecule has 0 aliphatic heterocycles. The van der Waals surface area contributed by atoms with Crippen molar-refractivity contribution in [1.29, 1.82) is 0 Å². The molecule has 8 heteroatoms. The molecule has 2 aromatic carbocycles. The lowest BCUT2D eigenvalue weighted by molar-refractivity contribution is -0.150. The number of para-hydroxylation sites is 1. The Balaban J connectivity index is 2.04. The SMILES string of the molecule is CCOC(=O)[C@H](C)Oc1ccccc1C=Nn1c([C@H](C)CC)nc2ccc(Br)cc2c1=O. The van der Waals surface area contributed by atoms with E-state index in [9.17, 15) is 9.59 Å². The fraction of sp³-hybridized carbons (Fsp3) is 0.333. The van der Waals surface area contributed by atoms with Crippen LogP contribution < -0.4 is 10.3 Å². The van der Waals surface area contributed by atoms with Gasteiger partial charge in [0.25, 0.3) is 5.56 Å². The summed E-state index contributed by atoms with van der Waals surface area (Å²) in [4.78, 5) is 29.9. The minimum Gasteiger partial charge on any atom is -0.478 e. The van der Waals surface area contributed by atoms with E-state index in [2.05, 4.69) is 21.0 Å². The molecule has 0 amide bonds. The van der Waals surface area contributed by atoms with Crippen molar-refractivity contribution in [3.8, 4) is 5.75 Å². The summed E-state index contributed by atoms with van der Waals surface area (Å²) in [5, 5.41) is 4.96. The predicted molar refractivity (Wildman–Crippen MR) is 129 cm³/mol. The highest BCUT2D eigenvalue weighted by Gasteiger charge is 2.18. The van der Waals surface area contributed by atoms with Gasteiger partial charge in [0.05, 0.1) is 23.7 Å². The number of hydrogen-bond donors (Lipinski definition) is 0. The highest BCUT2D eigenvalue weighted by Crippen LogP contribution is 2.22. The van der Waals surface area contributed by atoms with Crippen LogP contribution in [0.3, 0.4) is 0 Å². The zero-order valence-corrected chi connectivity index (χ0v) is 20.1. The first kappa shape index (κ1) is 23.7. The van der Waals surface area contributed by atoms with E-state index in [4.69, 9.17) is 14.5 Å². The maximum atomic E-state index is 13.3. The zero-order valence-electron chi connectivity index (χ0n) is 18.5. The van der Waals surface area contributed by atoms with Crippen LogP contribution in [0.15, 0.2) is 56.8 Å². The number of carbonyl (C=O) groups excluding carboxylic acids is 1. The fourth-order valence-corrected chi connectivity index (χ4v) is 3.45. The van der Waals surface area contributed by atoms with E-state index in [1.807, 2.05) is 32.0 Å². The number of aromatic nitrogens is 2. The van der Waals surface area contributed by atoms with Gasteiger partial charge < -0.3 is 9.47 Å². The molecule has 3 rings (SSSR count).